The largest absolute Gasteiger partial charge is 0.493 e. The zero-order valence-electron chi connectivity index (χ0n) is 23.5. The number of methoxy groups -OCH3 is 1. The summed E-state index contributed by atoms with van der Waals surface area (Å²) in [6.07, 6.45) is 1.42. The molecule has 0 aliphatic carbocycles. The van der Waals surface area contributed by atoms with Gasteiger partial charge in [-0.05, 0) is 78.4 Å². The fourth-order valence-corrected chi connectivity index (χ4v) is 5.23. The predicted octanol–water partition coefficient (Wildman–Crippen LogP) is 8.30. The molecule has 228 valence electrons. The van der Waals surface area contributed by atoms with Crippen LogP contribution in [0.1, 0.15) is 15.9 Å². The molecule has 0 radical (unpaired) electrons. The van der Waals surface area contributed by atoms with Crippen molar-refractivity contribution in [3.8, 4) is 22.8 Å². The van der Waals surface area contributed by atoms with Crippen molar-refractivity contribution in [2.24, 2.45) is 5.10 Å². The molecule has 5 aromatic rings. The molecule has 4 aromatic carbocycles. The number of anilines is 3. The van der Waals surface area contributed by atoms with Crippen LogP contribution in [-0.4, -0.2) is 36.7 Å². The molecule has 0 aliphatic rings. The molecule has 0 fully saturated rings. The molecule has 13 heteroatoms. The monoisotopic (exact) mass is 679 g/mol. The van der Waals surface area contributed by atoms with Crippen molar-refractivity contribution in [2.75, 3.05) is 24.4 Å². The zero-order chi connectivity index (χ0) is 31.8. The van der Waals surface area contributed by atoms with Crippen molar-refractivity contribution >= 4 is 80.7 Å². The van der Waals surface area contributed by atoms with Crippen LogP contribution in [0.4, 0.5) is 16.5 Å². The second-order valence-electron chi connectivity index (χ2n) is 9.32. The van der Waals surface area contributed by atoms with Gasteiger partial charge in [0.1, 0.15) is 0 Å². The van der Waals surface area contributed by atoms with E-state index in [4.69, 9.17) is 44.3 Å². The third-order valence-corrected chi connectivity index (χ3v) is 7.69. The van der Waals surface area contributed by atoms with Gasteiger partial charge in [-0.25, -0.2) is 10.4 Å². The van der Waals surface area contributed by atoms with Gasteiger partial charge < -0.3 is 20.1 Å². The van der Waals surface area contributed by atoms with Gasteiger partial charge in [0.25, 0.3) is 11.8 Å². The third kappa shape index (κ3) is 8.74. The Hall–Kier alpha value is -4.61. The average molecular weight is 681 g/mol. The number of amides is 2. The van der Waals surface area contributed by atoms with Gasteiger partial charge in [0.2, 0.25) is 0 Å². The van der Waals surface area contributed by atoms with Crippen molar-refractivity contribution in [3.05, 3.63) is 117 Å². The highest BCUT2D eigenvalue weighted by Gasteiger charge is 2.14. The van der Waals surface area contributed by atoms with Crippen LogP contribution < -0.4 is 25.5 Å². The van der Waals surface area contributed by atoms with E-state index in [1.165, 1.54) is 24.7 Å². The number of halogens is 3. The Morgan fingerprint density at radius 2 is 1.58 bits per heavy atom. The molecule has 2 amide bonds. The number of ether oxygens (including phenoxy) is 2. The molecule has 0 saturated heterocycles. The van der Waals surface area contributed by atoms with Crippen LogP contribution in [0.15, 0.2) is 95.4 Å². The summed E-state index contributed by atoms with van der Waals surface area (Å²) >= 11 is 19.7. The van der Waals surface area contributed by atoms with Crippen LogP contribution >= 0.6 is 46.1 Å². The number of hydrogen-bond acceptors (Lipinski definition) is 8. The van der Waals surface area contributed by atoms with Crippen molar-refractivity contribution in [1.29, 1.82) is 0 Å². The Morgan fingerprint density at radius 3 is 2.24 bits per heavy atom. The molecule has 1 heterocycles. The molecule has 0 unspecified atom stereocenters. The fraction of sp³-hybridized carbons (Fsp3) is 0.0625. The first-order valence-electron chi connectivity index (χ1n) is 13.2. The number of hydrogen-bond donors (Lipinski definition) is 3. The van der Waals surface area contributed by atoms with E-state index in [2.05, 4.69) is 26.1 Å². The maximum absolute atomic E-state index is 12.7. The van der Waals surface area contributed by atoms with E-state index in [9.17, 15) is 9.59 Å². The minimum Gasteiger partial charge on any atom is -0.493 e. The lowest BCUT2D eigenvalue weighted by molar-refractivity contribution is -0.118. The van der Waals surface area contributed by atoms with Crippen molar-refractivity contribution in [1.82, 2.24) is 10.4 Å². The number of carbonyl (C=O) groups is 2. The van der Waals surface area contributed by atoms with Crippen molar-refractivity contribution in [2.45, 2.75) is 0 Å². The first-order chi connectivity index (χ1) is 21.8. The summed E-state index contributed by atoms with van der Waals surface area (Å²) in [5.74, 6) is -0.302. The van der Waals surface area contributed by atoms with Crippen LogP contribution in [0.25, 0.3) is 11.3 Å². The maximum Gasteiger partial charge on any atom is 0.271 e. The quantitative estimate of drug-likeness (QED) is 0.0956. The number of hydrazone groups is 1. The topological polar surface area (TPSA) is 114 Å². The third-order valence-electron chi connectivity index (χ3n) is 6.15. The highest BCUT2D eigenvalue weighted by molar-refractivity contribution is 7.14. The van der Waals surface area contributed by atoms with Crippen LogP contribution in [0.2, 0.25) is 15.1 Å². The fourth-order valence-electron chi connectivity index (χ4n) is 3.97. The Balaban J connectivity index is 1.15. The SMILES string of the molecule is COc1cc(/C=N\NC(=O)c2ccc(-c3csc(Nc4ccc(Cl)cc4)n3)cc2)cc(Cl)c1OCC(=O)Nc1ccc(Cl)cc1. The molecule has 1 aromatic heterocycles. The van der Waals surface area contributed by atoms with Gasteiger partial charge >= 0.3 is 0 Å². The molecule has 0 spiro atoms. The Morgan fingerprint density at radius 1 is 0.911 bits per heavy atom. The molecule has 0 saturated carbocycles. The lowest BCUT2D eigenvalue weighted by Gasteiger charge is -2.13. The summed E-state index contributed by atoms with van der Waals surface area (Å²) in [5, 5.41) is 14.1. The number of thiazole rings is 1. The number of nitrogens with one attached hydrogen (secondary N) is 3. The second kappa shape index (κ2) is 14.9. The molecule has 5 rings (SSSR count). The average Bonchev–Trinajstić information content (AvgIpc) is 3.51. The lowest BCUT2D eigenvalue weighted by Crippen LogP contribution is -2.20. The molecular weight excluding hydrogens is 657 g/mol. The van der Waals surface area contributed by atoms with Gasteiger partial charge in [0.05, 0.1) is 24.0 Å². The van der Waals surface area contributed by atoms with Gasteiger partial charge in [0.15, 0.2) is 23.2 Å². The van der Waals surface area contributed by atoms with E-state index in [1.54, 1.807) is 60.7 Å². The van der Waals surface area contributed by atoms with Gasteiger partial charge in [-0.15, -0.1) is 11.3 Å². The Kier molecular flexibility index (Phi) is 10.5. The van der Waals surface area contributed by atoms with Crippen LogP contribution in [0, 0.1) is 0 Å². The maximum atomic E-state index is 12.7. The minimum atomic E-state index is -0.397. The summed E-state index contributed by atoms with van der Waals surface area (Å²) in [4.78, 5) is 29.6. The molecular formula is C32H24Cl3N5O4S. The number of carbonyl (C=O) groups excluding carboxylic acids is 2. The van der Waals surface area contributed by atoms with Gasteiger partial charge in [0, 0.05) is 37.9 Å². The van der Waals surface area contributed by atoms with E-state index >= 15 is 0 Å². The highest BCUT2D eigenvalue weighted by atomic mass is 35.5. The molecule has 0 atom stereocenters. The molecule has 9 nitrogen and oxygen atoms in total. The zero-order valence-corrected chi connectivity index (χ0v) is 26.6. The molecule has 45 heavy (non-hydrogen) atoms. The summed E-state index contributed by atoms with van der Waals surface area (Å²) < 4.78 is 11.0. The van der Waals surface area contributed by atoms with E-state index in [1.807, 2.05) is 29.6 Å². The first kappa shape index (κ1) is 31.8. The molecule has 0 aliphatic heterocycles. The summed E-state index contributed by atoms with van der Waals surface area (Å²) in [5.41, 5.74) is 6.56. The van der Waals surface area contributed by atoms with Crippen molar-refractivity contribution in [3.63, 3.8) is 0 Å². The highest BCUT2D eigenvalue weighted by Crippen LogP contribution is 2.36. The molecule has 3 N–H and O–H groups in total. The van der Waals surface area contributed by atoms with E-state index in [0.29, 0.717) is 32.6 Å². The van der Waals surface area contributed by atoms with Gasteiger partial charge in [-0.1, -0.05) is 46.9 Å². The van der Waals surface area contributed by atoms with Crippen LogP contribution in [-0.2, 0) is 4.79 Å². The number of aromatic nitrogens is 1. The van der Waals surface area contributed by atoms with E-state index in [-0.39, 0.29) is 23.3 Å². The number of benzene rings is 4. The van der Waals surface area contributed by atoms with Crippen LogP contribution in [0.3, 0.4) is 0 Å². The second-order valence-corrected chi connectivity index (χ2v) is 11.5. The number of rotatable bonds is 11. The van der Waals surface area contributed by atoms with Gasteiger partial charge in [-0.3, -0.25) is 9.59 Å². The summed E-state index contributed by atoms with van der Waals surface area (Å²) in [6, 6.07) is 24.3. The first-order valence-corrected chi connectivity index (χ1v) is 15.3. The minimum absolute atomic E-state index is 0.194. The van der Waals surface area contributed by atoms with Gasteiger partial charge in [-0.2, -0.15) is 5.10 Å². The van der Waals surface area contributed by atoms with E-state index in [0.717, 1.165) is 22.1 Å². The van der Waals surface area contributed by atoms with E-state index < -0.39 is 5.91 Å². The Bertz CT molecular complexity index is 1830. The van der Waals surface area contributed by atoms with Crippen LogP contribution in [0.5, 0.6) is 11.5 Å². The lowest BCUT2D eigenvalue weighted by atomic mass is 10.1. The standard InChI is InChI=1S/C32H24Cl3N5O4S/c1-43-28-15-19(14-26(35)30(28)44-17-29(41)37-24-10-6-22(33)7-11-24)16-36-40-31(42)21-4-2-20(3-5-21)27-18-45-32(39-27)38-25-12-8-23(34)9-13-25/h2-16,18H,17H2,1H3,(H,37,41)(H,38,39)(H,40,42)/b36-16-. The van der Waals surface area contributed by atoms with Crippen molar-refractivity contribution < 1.29 is 19.1 Å². The summed E-state index contributed by atoms with van der Waals surface area (Å²) in [6.45, 7) is -0.301. The predicted molar refractivity (Wildman–Crippen MR) is 181 cm³/mol. The Labute approximate surface area is 277 Å². The smallest absolute Gasteiger partial charge is 0.271 e. The summed E-state index contributed by atoms with van der Waals surface area (Å²) in [7, 11) is 1.45. The normalized spacial score (nSPS) is 10.8. The molecule has 0 bridgehead atoms. The number of nitrogens with zero attached hydrogens (tertiary/aromatic N) is 2.